The smallest absolute Gasteiger partial charge is 0.330 e. The van der Waals surface area contributed by atoms with E-state index >= 15 is 0 Å². The fourth-order valence-corrected chi connectivity index (χ4v) is 4.61. The van der Waals surface area contributed by atoms with Gasteiger partial charge in [-0.1, -0.05) is 27.7 Å². The minimum absolute atomic E-state index is 0.0151. The Balaban J connectivity index is 1.73. The number of fused-ring (bicyclic) bond motifs is 2. The number of benzene rings is 1. The Labute approximate surface area is 192 Å². The number of rotatable bonds is 7. The van der Waals surface area contributed by atoms with Crippen molar-refractivity contribution in [3.63, 3.8) is 0 Å². The lowest BCUT2D eigenvalue weighted by Crippen LogP contribution is -2.43. The summed E-state index contributed by atoms with van der Waals surface area (Å²) in [5, 5.41) is 0.931. The number of hydrogen-bond acceptors (Lipinski definition) is 5. The third kappa shape index (κ3) is 4.47. The third-order valence-corrected chi connectivity index (χ3v) is 6.09. The second-order valence-corrected chi connectivity index (χ2v) is 9.80. The Morgan fingerprint density at radius 1 is 1.15 bits per heavy atom. The van der Waals surface area contributed by atoms with Crippen LogP contribution in [0.1, 0.15) is 50.8 Å². The Bertz CT molecular complexity index is 1310. The van der Waals surface area contributed by atoms with E-state index in [1.54, 1.807) is 6.26 Å². The third-order valence-electron chi connectivity index (χ3n) is 6.09. The van der Waals surface area contributed by atoms with Crippen LogP contribution in [-0.2, 0) is 30.6 Å². The van der Waals surface area contributed by atoms with Crippen LogP contribution in [0.5, 0.6) is 0 Å². The van der Waals surface area contributed by atoms with Gasteiger partial charge < -0.3 is 15.1 Å². The first-order valence-corrected chi connectivity index (χ1v) is 11.6. The normalized spacial score (nSPS) is 13.3. The summed E-state index contributed by atoms with van der Waals surface area (Å²) in [5.74, 6) is -0.0280. The Morgan fingerprint density at radius 3 is 2.52 bits per heavy atom. The van der Waals surface area contributed by atoms with Gasteiger partial charge in [-0.25, -0.2) is 4.79 Å². The van der Waals surface area contributed by atoms with Gasteiger partial charge in [-0.2, -0.15) is 0 Å². The maximum absolute atomic E-state index is 13.5. The molecule has 0 aliphatic heterocycles. The zero-order valence-corrected chi connectivity index (χ0v) is 19.7. The number of carbonyl (C=O) groups is 1. The standard InChI is InChI=1S/C25H32N4O4/c1-14(2)11-28(22-23(26)29(12-15(3)4)25(32)27-24(22)31)21(30)10-18-13-33-20-9-17-7-5-6-16(17)8-19(18)20/h8-9,13-15H,5-7,10-12,26H2,1-4H3,(H,27,31,32). The van der Waals surface area contributed by atoms with E-state index in [1.165, 1.54) is 20.6 Å². The van der Waals surface area contributed by atoms with Gasteiger partial charge >= 0.3 is 5.69 Å². The summed E-state index contributed by atoms with van der Waals surface area (Å²) in [6, 6.07) is 4.20. The highest BCUT2D eigenvalue weighted by Gasteiger charge is 2.26. The summed E-state index contributed by atoms with van der Waals surface area (Å²) >= 11 is 0. The zero-order valence-electron chi connectivity index (χ0n) is 19.7. The van der Waals surface area contributed by atoms with Gasteiger partial charge in [0.2, 0.25) is 5.91 Å². The fourth-order valence-electron chi connectivity index (χ4n) is 4.61. The average Bonchev–Trinajstić information content (AvgIpc) is 3.34. The van der Waals surface area contributed by atoms with Gasteiger partial charge in [-0.15, -0.1) is 0 Å². The Kier molecular flexibility index (Phi) is 6.19. The predicted molar refractivity (Wildman–Crippen MR) is 130 cm³/mol. The molecule has 3 N–H and O–H groups in total. The summed E-state index contributed by atoms with van der Waals surface area (Å²) in [7, 11) is 0. The summed E-state index contributed by atoms with van der Waals surface area (Å²) in [6.45, 7) is 8.48. The first-order chi connectivity index (χ1) is 15.7. The number of carbonyl (C=O) groups excluding carboxylic acids is 1. The number of H-pyrrole nitrogens is 1. The number of aromatic amines is 1. The van der Waals surface area contributed by atoms with Gasteiger partial charge in [0.15, 0.2) is 5.69 Å². The molecule has 2 heterocycles. The van der Waals surface area contributed by atoms with Gasteiger partial charge in [0, 0.05) is 24.0 Å². The van der Waals surface area contributed by atoms with Crippen LogP contribution in [0.15, 0.2) is 32.4 Å². The molecule has 8 nitrogen and oxygen atoms in total. The molecule has 2 aromatic heterocycles. The van der Waals surface area contributed by atoms with Crippen molar-refractivity contribution >= 4 is 28.4 Å². The van der Waals surface area contributed by atoms with Gasteiger partial charge in [-0.05, 0) is 54.4 Å². The molecule has 0 atom stereocenters. The summed E-state index contributed by atoms with van der Waals surface area (Å²) < 4.78 is 7.09. The molecule has 0 saturated carbocycles. The predicted octanol–water partition coefficient (Wildman–Crippen LogP) is 3.24. The van der Waals surface area contributed by atoms with Crippen molar-refractivity contribution in [3.8, 4) is 0 Å². The Hall–Kier alpha value is -3.29. The number of nitrogen functional groups attached to an aromatic ring is 1. The molecule has 1 aliphatic rings. The van der Waals surface area contributed by atoms with Crippen molar-refractivity contribution in [2.24, 2.45) is 11.8 Å². The highest BCUT2D eigenvalue weighted by molar-refractivity contribution is 5.99. The molecule has 1 amide bonds. The van der Waals surface area contributed by atoms with Crippen molar-refractivity contribution < 1.29 is 9.21 Å². The van der Waals surface area contributed by atoms with E-state index in [4.69, 9.17) is 10.2 Å². The molecule has 4 rings (SSSR count). The molecule has 1 aromatic carbocycles. The molecule has 1 aliphatic carbocycles. The monoisotopic (exact) mass is 452 g/mol. The largest absolute Gasteiger partial charge is 0.464 e. The zero-order chi connectivity index (χ0) is 23.9. The topological polar surface area (TPSA) is 114 Å². The maximum atomic E-state index is 13.5. The van der Waals surface area contributed by atoms with Gasteiger partial charge in [0.05, 0.1) is 12.7 Å². The SMILES string of the molecule is CC(C)CN(C(=O)Cc1coc2cc3c(cc12)CCC3)c1c(N)n(CC(C)C)c(=O)[nH]c1=O. The van der Waals surface area contributed by atoms with Crippen molar-refractivity contribution in [1.29, 1.82) is 0 Å². The molecule has 0 saturated heterocycles. The molecule has 0 unspecified atom stereocenters. The number of anilines is 2. The molecule has 176 valence electrons. The van der Waals surface area contributed by atoms with Crippen molar-refractivity contribution in [1.82, 2.24) is 9.55 Å². The molecule has 33 heavy (non-hydrogen) atoms. The highest BCUT2D eigenvalue weighted by atomic mass is 16.3. The number of nitrogens with one attached hydrogen (secondary N) is 1. The molecule has 0 spiro atoms. The van der Waals surface area contributed by atoms with Crippen molar-refractivity contribution in [2.45, 2.75) is 59.9 Å². The van der Waals surface area contributed by atoms with Crippen molar-refractivity contribution in [3.05, 3.63) is 55.9 Å². The van der Waals surface area contributed by atoms with Crippen LogP contribution >= 0.6 is 0 Å². The van der Waals surface area contributed by atoms with E-state index < -0.39 is 11.2 Å². The van der Waals surface area contributed by atoms with Crippen LogP contribution in [0.4, 0.5) is 11.5 Å². The summed E-state index contributed by atoms with van der Waals surface area (Å²) in [5.41, 5.74) is 9.28. The average molecular weight is 453 g/mol. The number of nitrogens with zero attached hydrogens (tertiary/aromatic N) is 2. The highest BCUT2D eigenvalue weighted by Crippen LogP contribution is 2.31. The number of aromatic nitrogens is 2. The molecule has 8 heteroatoms. The quantitative estimate of drug-likeness (QED) is 0.571. The number of amides is 1. The number of hydrogen-bond donors (Lipinski definition) is 2. The van der Waals surface area contributed by atoms with Crippen LogP contribution in [-0.4, -0.2) is 22.0 Å². The number of aryl methyl sites for hydroxylation is 2. The summed E-state index contributed by atoms with van der Waals surface area (Å²) in [6.07, 6.45) is 4.91. The second-order valence-electron chi connectivity index (χ2n) is 9.80. The number of furan rings is 1. The molecule has 0 radical (unpaired) electrons. The lowest BCUT2D eigenvalue weighted by Gasteiger charge is -2.26. The lowest BCUT2D eigenvalue weighted by molar-refractivity contribution is -0.118. The Morgan fingerprint density at radius 2 is 1.85 bits per heavy atom. The minimum Gasteiger partial charge on any atom is -0.464 e. The van der Waals surface area contributed by atoms with Gasteiger partial charge in [-0.3, -0.25) is 19.1 Å². The first-order valence-electron chi connectivity index (χ1n) is 11.6. The van der Waals surface area contributed by atoms with Crippen LogP contribution < -0.4 is 21.9 Å². The summed E-state index contributed by atoms with van der Waals surface area (Å²) in [4.78, 5) is 42.5. The minimum atomic E-state index is -0.652. The number of nitrogens with two attached hydrogens (primary N) is 1. The van der Waals surface area contributed by atoms with E-state index in [-0.39, 0.29) is 35.7 Å². The lowest BCUT2D eigenvalue weighted by atomic mass is 10.0. The molecular weight excluding hydrogens is 420 g/mol. The fraction of sp³-hybridized carbons (Fsp3) is 0.480. The second kappa shape index (κ2) is 8.92. The van der Waals surface area contributed by atoms with Crippen LogP contribution in [0.3, 0.4) is 0 Å². The molecular formula is C25H32N4O4. The van der Waals surface area contributed by atoms with E-state index in [9.17, 15) is 14.4 Å². The van der Waals surface area contributed by atoms with E-state index in [2.05, 4.69) is 17.1 Å². The molecule has 0 bridgehead atoms. The van der Waals surface area contributed by atoms with Crippen LogP contribution in [0, 0.1) is 11.8 Å². The van der Waals surface area contributed by atoms with E-state index in [0.29, 0.717) is 13.1 Å². The van der Waals surface area contributed by atoms with Gasteiger partial charge in [0.1, 0.15) is 11.4 Å². The first kappa shape index (κ1) is 22.9. The van der Waals surface area contributed by atoms with Crippen LogP contribution in [0.25, 0.3) is 11.0 Å². The molecule has 0 fully saturated rings. The molecule has 3 aromatic rings. The van der Waals surface area contributed by atoms with Gasteiger partial charge in [0.25, 0.3) is 5.56 Å². The van der Waals surface area contributed by atoms with Crippen LogP contribution in [0.2, 0.25) is 0 Å². The van der Waals surface area contributed by atoms with E-state index in [1.807, 2.05) is 27.7 Å². The maximum Gasteiger partial charge on any atom is 0.330 e. The van der Waals surface area contributed by atoms with Crippen molar-refractivity contribution in [2.75, 3.05) is 17.2 Å². The van der Waals surface area contributed by atoms with E-state index in [0.717, 1.165) is 35.8 Å².